The third-order valence-corrected chi connectivity index (χ3v) is 5.19. The van der Waals surface area contributed by atoms with Crippen molar-refractivity contribution in [3.63, 3.8) is 0 Å². The van der Waals surface area contributed by atoms with E-state index < -0.39 is 36.1 Å². The second-order valence-corrected chi connectivity index (χ2v) is 7.36. The lowest BCUT2D eigenvalue weighted by Crippen LogP contribution is -2.37. The summed E-state index contributed by atoms with van der Waals surface area (Å²) < 4.78 is 50.1. The second-order valence-electron chi connectivity index (χ2n) is 7.36. The molecule has 0 aliphatic carbocycles. The Kier molecular flexibility index (Phi) is 7.74. The highest BCUT2D eigenvalue weighted by Gasteiger charge is 2.32. The molecule has 1 atom stereocenters. The molecule has 32 heavy (non-hydrogen) atoms. The van der Waals surface area contributed by atoms with Crippen molar-refractivity contribution < 1.29 is 32.2 Å². The Morgan fingerprint density at radius 1 is 1.12 bits per heavy atom. The van der Waals surface area contributed by atoms with Crippen molar-refractivity contribution >= 4 is 23.3 Å². The number of benzene rings is 2. The quantitative estimate of drug-likeness (QED) is 0.640. The molecule has 6 nitrogen and oxygen atoms in total. The lowest BCUT2D eigenvalue weighted by molar-refractivity contribution is -0.149. The minimum atomic E-state index is -4.56. The summed E-state index contributed by atoms with van der Waals surface area (Å²) >= 11 is 0. The summed E-state index contributed by atoms with van der Waals surface area (Å²) in [5, 5.41) is 2.47. The van der Waals surface area contributed by atoms with E-state index in [-0.39, 0.29) is 5.69 Å². The van der Waals surface area contributed by atoms with E-state index in [0.29, 0.717) is 38.4 Å². The summed E-state index contributed by atoms with van der Waals surface area (Å²) in [5.74, 6) is -1.80. The highest BCUT2D eigenvalue weighted by atomic mass is 19.4. The molecule has 1 aliphatic heterocycles. The molecule has 3 rings (SSSR count). The molecular weight excluding hydrogens is 425 g/mol. The van der Waals surface area contributed by atoms with Gasteiger partial charge in [0.25, 0.3) is 5.91 Å². The molecule has 1 amide bonds. The molecule has 1 saturated heterocycles. The zero-order chi connectivity index (χ0) is 23.1. The first-order valence-corrected chi connectivity index (χ1v) is 10.3. The van der Waals surface area contributed by atoms with Gasteiger partial charge in [-0.05, 0) is 30.2 Å². The van der Waals surface area contributed by atoms with E-state index in [1.165, 1.54) is 6.07 Å². The number of amides is 1. The Bertz CT molecular complexity index is 929. The van der Waals surface area contributed by atoms with Crippen molar-refractivity contribution in [2.75, 3.05) is 43.1 Å². The molecule has 2 aromatic rings. The van der Waals surface area contributed by atoms with Crippen LogP contribution in [0, 0.1) is 0 Å². The number of esters is 1. The maximum atomic E-state index is 13.2. The number of nitrogens with one attached hydrogen (secondary N) is 1. The number of ether oxygens (including phenoxy) is 2. The third-order valence-electron chi connectivity index (χ3n) is 5.19. The summed E-state index contributed by atoms with van der Waals surface area (Å²) in [7, 11) is 0. The summed E-state index contributed by atoms with van der Waals surface area (Å²) in [6, 6.07) is 12.2. The fourth-order valence-corrected chi connectivity index (χ4v) is 3.54. The Morgan fingerprint density at radius 2 is 1.81 bits per heavy atom. The summed E-state index contributed by atoms with van der Waals surface area (Å²) in [6.07, 6.45) is -4.07. The van der Waals surface area contributed by atoms with Crippen molar-refractivity contribution in [3.05, 3.63) is 59.7 Å². The van der Waals surface area contributed by atoms with Crippen LogP contribution in [0.3, 0.4) is 0 Å². The van der Waals surface area contributed by atoms with Crippen LogP contribution in [-0.2, 0) is 25.2 Å². The van der Waals surface area contributed by atoms with E-state index >= 15 is 0 Å². The summed E-state index contributed by atoms with van der Waals surface area (Å²) in [6.45, 7) is 3.07. The van der Waals surface area contributed by atoms with Gasteiger partial charge in [-0.1, -0.05) is 37.3 Å². The van der Waals surface area contributed by atoms with Gasteiger partial charge in [0.1, 0.15) is 0 Å². The summed E-state index contributed by atoms with van der Waals surface area (Å²) in [4.78, 5) is 26.7. The molecule has 0 bridgehead atoms. The zero-order valence-electron chi connectivity index (χ0n) is 17.7. The first kappa shape index (κ1) is 23.6. The van der Waals surface area contributed by atoms with E-state index in [1.54, 1.807) is 24.3 Å². The van der Waals surface area contributed by atoms with E-state index in [4.69, 9.17) is 9.47 Å². The highest BCUT2D eigenvalue weighted by molar-refractivity contribution is 5.96. The van der Waals surface area contributed by atoms with Gasteiger partial charge >= 0.3 is 12.1 Å². The van der Waals surface area contributed by atoms with Crippen LogP contribution in [0.15, 0.2) is 48.5 Å². The van der Waals surface area contributed by atoms with Gasteiger partial charge in [-0.25, -0.2) is 0 Å². The maximum absolute atomic E-state index is 13.2. The van der Waals surface area contributed by atoms with Crippen LogP contribution in [-0.4, -0.2) is 44.8 Å². The maximum Gasteiger partial charge on any atom is 0.416 e. The zero-order valence-corrected chi connectivity index (χ0v) is 17.7. The lowest BCUT2D eigenvalue weighted by atomic mass is 9.97. The van der Waals surface area contributed by atoms with E-state index in [1.807, 2.05) is 17.9 Å². The van der Waals surface area contributed by atoms with Gasteiger partial charge < -0.3 is 19.7 Å². The monoisotopic (exact) mass is 450 g/mol. The van der Waals surface area contributed by atoms with Gasteiger partial charge in [-0.15, -0.1) is 0 Å². The molecule has 1 unspecified atom stereocenters. The Hall–Kier alpha value is -3.07. The van der Waals surface area contributed by atoms with Crippen molar-refractivity contribution in [1.82, 2.24) is 0 Å². The van der Waals surface area contributed by atoms with Crippen molar-refractivity contribution in [1.29, 1.82) is 0 Å². The number of hydrogen-bond acceptors (Lipinski definition) is 5. The number of morpholine rings is 1. The lowest BCUT2D eigenvalue weighted by Gasteiger charge is -2.31. The first-order chi connectivity index (χ1) is 15.3. The van der Waals surface area contributed by atoms with Gasteiger partial charge in [0.05, 0.1) is 36.1 Å². The van der Waals surface area contributed by atoms with Crippen LogP contribution in [0.2, 0.25) is 0 Å². The second kappa shape index (κ2) is 10.5. The highest BCUT2D eigenvalue weighted by Crippen LogP contribution is 2.35. The standard InChI is InChI=1S/C23H25F3N2O4/c1-2-18(16-6-4-3-5-7-16)22(30)32-15-21(29)27-19-14-17(23(24,25)26)8-9-20(19)28-10-12-31-13-11-28/h3-9,14,18H,2,10-13,15H2,1H3,(H,27,29). The van der Waals surface area contributed by atoms with Crippen LogP contribution in [0.4, 0.5) is 24.5 Å². The van der Waals surface area contributed by atoms with Gasteiger partial charge in [0.2, 0.25) is 0 Å². The average Bonchev–Trinajstić information content (AvgIpc) is 2.79. The molecule has 1 fully saturated rings. The van der Waals surface area contributed by atoms with E-state index in [9.17, 15) is 22.8 Å². The number of alkyl halides is 3. The van der Waals surface area contributed by atoms with Crippen LogP contribution in [0.1, 0.15) is 30.4 Å². The van der Waals surface area contributed by atoms with Crippen molar-refractivity contribution in [3.8, 4) is 0 Å². The molecule has 1 aliphatic rings. The number of halogens is 3. The summed E-state index contributed by atoms with van der Waals surface area (Å²) in [5.41, 5.74) is 0.361. The Labute approximate surface area is 184 Å². The van der Waals surface area contributed by atoms with Gasteiger partial charge in [-0.2, -0.15) is 13.2 Å². The molecule has 9 heteroatoms. The van der Waals surface area contributed by atoms with E-state index in [0.717, 1.165) is 17.7 Å². The molecular formula is C23H25F3N2O4. The SMILES string of the molecule is CCC(C(=O)OCC(=O)Nc1cc(C(F)(F)F)ccc1N1CCOCC1)c1ccccc1. The first-order valence-electron chi connectivity index (χ1n) is 10.3. The predicted octanol–water partition coefficient (Wildman–Crippen LogP) is 4.22. The minimum absolute atomic E-state index is 0.0119. The number of carbonyl (C=O) groups is 2. The Morgan fingerprint density at radius 3 is 2.44 bits per heavy atom. The van der Waals surface area contributed by atoms with Gasteiger partial charge in [0, 0.05) is 13.1 Å². The number of anilines is 2. The molecule has 0 spiro atoms. The minimum Gasteiger partial charge on any atom is -0.455 e. The number of carbonyl (C=O) groups excluding carboxylic acids is 2. The largest absolute Gasteiger partial charge is 0.455 e. The molecule has 0 radical (unpaired) electrons. The Balaban J connectivity index is 1.70. The van der Waals surface area contributed by atoms with Crippen molar-refractivity contribution in [2.24, 2.45) is 0 Å². The fraction of sp³-hybridized carbons (Fsp3) is 0.391. The normalized spacial score (nSPS) is 15.2. The topological polar surface area (TPSA) is 67.9 Å². The van der Waals surface area contributed by atoms with Crippen LogP contribution in [0.5, 0.6) is 0 Å². The molecule has 172 valence electrons. The van der Waals surface area contributed by atoms with Gasteiger partial charge in [0.15, 0.2) is 6.61 Å². The predicted molar refractivity (Wildman–Crippen MR) is 114 cm³/mol. The third kappa shape index (κ3) is 6.00. The average molecular weight is 450 g/mol. The number of nitrogens with zero attached hydrogens (tertiary/aromatic N) is 1. The number of hydrogen-bond donors (Lipinski definition) is 1. The molecule has 1 N–H and O–H groups in total. The molecule has 1 heterocycles. The van der Waals surface area contributed by atoms with Crippen LogP contribution >= 0.6 is 0 Å². The fourth-order valence-electron chi connectivity index (χ4n) is 3.54. The van der Waals surface area contributed by atoms with Crippen LogP contribution in [0.25, 0.3) is 0 Å². The molecule has 0 aromatic heterocycles. The molecule has 0 saturated carbocycles. The van der Waals surface area contributed by atoms with E-state index in [2.05, 4.69) is 5.32 Å². The van der Waals surface area contributed by atoms with Crippen LogP contribution < -0.4 is 10.2 Å². The van der Waals surface area contributed by atoms with Crippen molar-refractivity contribution in [2.45, 2.75) is 25.4 Å². The molecule has 2 aromatic carbocycles. The number of rotatable bonds is 7. The smallest absolute Gasteiger partial charge is 0.416 e. The van der Waals surface area contributed by atoms with Gasteiger partial charge in [-0.3, -0.25) is 9.59 Å².